The molecule has 0 aliphatic rings. The molecule has 0 unspecified atom stereocenters. The van der Waals surface area contributed by atoms with Crippen LogP contribution in [-0.2, 0) is 6.54 Å². The van der Waals surface area contributed by atoms with Crippen molar-refractivity contribution in [2.24, 2.45) is 0 Å². The van der Waals surface area contributed by atoms with Crippen molar-refractivity contribution in [2.75, 3.05) is 5.32 Å². The Morgan fingerprint density at radius 1 is 1.24 bits per heavy atom. The summed E-state index contributed by atoms with van der Waals surface area (Å²) >= 11 is 11.4. The number of nitrogens with zero attached hydrogens (tertiary/aromatic N) is 2. The Morgan fingerprint density at radius 3 is 2.53 bits per heavy atom. The molecule has 0 fully saturated rings. The van der Waals surface area contributed by atoms with Crippen molar-refractivity contribution in [3.63, 3.8) is 0 Å². The monoisotopic (exact) mass is 271 g/mol. The Labute approximate surface area is 108 Å². The minimum atomic E-state index is -0.610. The quantitative estimate of drug-likeness (QED) is 0.868. The number of anilines is 1. The normalized spacial score (nSPS) is 10.3. The third-order valence-corrected chi connectivity index (χ3v) is 2.65. The molecule has 0 amide bonds. The lowest BCUT2D eigenvalue weighted by molar-refractivity contribution is 0.629. The first-order valence-corrected chi connectivity index (χ1v) is 5.55. The summed E-state index contributed by atoms with van der Waals surface area (Å²) in [4.78, 5) is 7.85. The zero-order valence-corrected chi connectivity index (χ0v) is 10.1. The zero-order valence-electron chi connectivity index (χ0n) is 8.62. The van der Waals surface area contributed by atoms with Crippen LogP contribution in [0.1, 0.15) is 5.69 Å². The smallest absolute Gasteiger partial charge is 0.160 e. The predicted octanol–water partition coefficient (Wildman–Crippen LogP) is 3.53. The molecule has 88 valence electrons. The van der Waals surface area contributed by atoms with Crippen molar-refractivity contribution in [2.45, 2.75) is 6.54 Å². The van der Waals surface area contributed by atoms with Crippen LogP contribution in [0.2, 0.25) is 10.0 Å². The molecule has 6 heteroatoms. The minimum absolute atomic E-state index is 0.0114. The summed E-state index contributed by atoms with van der Waals surface area (Å²) in [5.41, 5.74) is 1.46. The molecular formula is C11H8Cl2FN3. The fraction of sp³-hybridized carbons (Fsp3) is 0.0909. The summed E-state index contributed by atoms with van der Waals surface area (Å²) in [5, 5.41) is 3.02. The summed E-state index contributed by atoms with van der Waals surface area (Å²) in [6.07, 6.45) is 3.11. The summed E-state index contributed by atoms with van der Waals surface area (Å²) in [6, 6.07) is 4.73. The lowest BCUT2D eigenvalue weighted by atomic mass is 10.3. The van der Waals surface area contributed by atoms with E-state index in [2.05, 4.69) is 15.3 Å². The van der Waals surface area contributed by atoms with E-state index in [0.717, 1.165) is 5.69 Å². The maximum absolute atomic E-state index is 13.2. The Morgan fingerprint density at radius 2 is 1.94 bits per heavy atom. The van der Waals surface area contributed by atoms with Gasteiger partial charge >= 0.3 is 0 Å². The maximum atomic E-state index is 13.2. The van der Waals surface area contributed by atoms with Gasteiger partial charge in [0.05, 0.1) is 22.3 Å². The largest absolute Gasteiger partial charge is 0.379 e. The number of benzene rings is 1. The number of hydrogen-bond acceptors (Lipinski definition) is 3. The van der Waals surface area contributed by atoms with Gasteiger partial charge in [0.2, 0.25) is 0 Å². The zero-order chi connectivity index (χ0) is 12.3. The standard InChI is InChI=1S/C11H8Cl2FN3/c12-9-3-8(4-10(13)11(9)14)16-5-7-1-2-15-6-17-7/h1-4,6,16H,5H2. The van der Waals surface area contributed by atoms with Gasteiger partial charge in [-0.25, -0.2) is 14.4 Å². The second-order valence-corrected chi connectivity index (χ2v) is 4.12. The van der Waals surface area contributed by atoms with Crippen LogP contribution < -0.4 is 5.32 Å². The average Bonchev–Trinajstić information content (AvgIpc) is 2.34. The minimum Gasteiger partial charge on any atom is -0.379 e. The molecule has 0 aliphatic carbocycles. The molecule has 0 aliphatic heterocycles. The number of rotatable bonds is 3. The van der Waals surface area contributed by atoms with Gasteiger partial charge in [-0.2, -0.15) is 0 Å². The van der Waals surface area contributed by atoms with E-state index in [1.54, 1.807) is 12.3 Å². The van der Waals surface area contributed by atoms with Gasteiger partial charge in [-0.3, -0.25) is 0 Å². The molecular weight excluding hydrogens is 264 g/mol. The van der Waals surface area contributed by atoms with Gasteiger partial charge in [0.15, 0.2) is 5.82 Å². The molecule has 1 N–H and O–H groups in total. The van der Waals surface area contributed by atoms with Crippen LogP contribution in [-0.4, -0.2) is 9.97 Å². The highest BCUT2D eigenvalue weighted by atomic mass is 35.5. The summed E-state index contributed by atoms with van der Waals surface area (Å²) < 4.78 is 13.2. The topological polar surface area (TPSA) is 37.8 Å². The van der Waals surface area contributed by atoms with Gasteiger partial charge in [-0.15, -0.1) is 0 Å². The van der Waals surface area contributed by atoms with Crippen LogP contribution in [0.4, 0.5) is 10.1 Å². The highest BCUT2D eigenvalue weighted by molar-refractivity contribution is 6.35. The van der Waals surface area contributed by atoms with Crippen molar-refractivity contribution >= 4 is 28.9 Å². The van der Waals surface area contributed by atoms with Crippen molar-refractivity contribution < 1.29 is 4.39 Å². The van der Waals surface area contributed by atoms with E-state index in [4.69, 9.17) is 23.2 Å². The van der Waals surface area contributed by atoms with E-state index >= 15 is 0 Å². The second kappa shape index (κ2) is 5.29. The Kier molecular flexibility index (Phi) is 3.76. The SMILES string of the molecule is Fc1c(Cl)cc(NCc2ccncn2)cc1Cl. The first-order chi connectivity index (χ1) is 8.16. The molecule has 1 aromatic heterocycles. The fourth-order valence-electron chi connectivity index (χ4n) is 1.27. The van der Waals surface area contributed by atoms with Crippen LogP contribution in [0.25, 0.3) is 0 Å². The number of hydrogen-bond donors (Lipinski definition) is 1. The van der Waals surface area contributed by atoms with Crippen LogP contribution in [0.5, 0.6) is 0 Å². The number of aromatic nitrogens is 2. The van der Waals surface area contributed by atoms with Gasteiger partial charge in [-0.05, 0) is 18.2 Å². The first kappa shape index (κ1) is 12.1. The molecule has 0 atom stereocenters. The van der Waals surface area contributed by atoms with Gasteiger partial charge in [-0.1, -0.05) is 23.2 Å². The molecule has 1 aromatic carbocycles. The molecule has 2 aromatic rings. The third-order valence-electron chi connectivity index (χ3n) is 2.10. The Hall–Kier alpha value is -1.39. The maximum Gasteiger partial charge on any atom is 0.160 e. The summed E-state index contributed by atoms with van der Waals surface area (Å²) in [5.74, 6) is -0.610. The van der Waals surface area contributed by atoms with Gasteiger partial charge < -0.3 is 5.32 Å². The van der Waals surface area contributed by atoms with E-state index in [1.807, 2.05) is 0 Å². The van der Waals surface area contributed by atoms with Crippen molar-refractivity contribution in [3.8, 4) is 0 Å². The van der Waals surface area contributed by atoms with Crippen LogP contribution >= 0.6 is 23.2 Å². The van der Waals surface area contributed by atoms with Crippen molar-refractivity contribution in [3.05, 3.63) is 52.3 Å². The third kappa shape index (κ3) is 3.05. The Bertz CT molecular complexity index is 496. The Balaban J connectivity index is 2.10. The van der Waals surface area contributed by atoms with E-state index in [0.29, 0.717) is 12.2 Å². The van der Waals surface area contributed by atoms with E-state index in [-0.39, 0.29) is 10.0 Å². The second-order valence-electron chi connectivity index (χ2n) is 3.31. The number of halogens is 3. The first-order valence-electron chi connectivity index (χ1n) is 4.80. The highest BCUT2D eigenvalue weighted by Crippen LogP contribution is 2.27. The van der Waals surface area contributed by atoms with Gasteiger partial charge in [0.25, 0.3) is 0 Å². The summed E-state index contributed by atoms with van der Waals surface area (Å²) in [6.45, 7) is 0.487. The lowest BCUT2D eigenvalue weighted by Crippen LogP contribution is -2.01. The predicted molar refractivity (Wildman–Crippen MR) is 65.8 cm³/mol. The van der Waals surface area contributed by atoms with Crippen LogP contribution in [0.15, 0.2) is 30.7 Å². The molecule has 3 nitrogen and oxygen atoms in total. The van der Waals surface area contributed by atoms with E-state index < -0.39 is 5.82 Å². The van der Waals surface area contributed by atoms with Crippen molar-refractivity contribution in [1.29, 1.82) is 0 Å². The molecule has 0 saturated carbocycles. The molecule has 1 heterocycles. The molecule has 0 radical (unpaired) electrons. The van der Waals surface area contributed by atoms with E-state index in [9.17, 15) is 4.39 Å². The van der Waals surface area contributed by atoms with E-state index in [1.165, 1.54) is 18.5 Å². The fourth-order valence-corrected chi connectivity index (χ4v) is 1.76. The molecule has 0 saturated heterocycles. The van der Waals surface area contributed by atoms with Crippen LogP contribution in [0, 0.1) is 5.82 Å². The molecule has 0 spiro atoms. The van der Waals surface area contributed by atoms with Crippen molar-refractivity contribution in [1.82, 2.24) is 9.97 Å². The lowest BCUT2D eigenvalue weighted by Gasteiger charge is -2.07. The molecule has 2 rings (SSSR count). The van der Waals surface area contributed by atoms with Gasteiger partial charge in [0, 0.05) is 11.9 Å². The molecule has 17 heavy (non-hydrogen) atoms. The summed E-state index contributed by atoms with van der Waals surface area (Å²) in [7, 11) is 0. The van der Waals surface area contributed by atoms with Crippen LogP contribution in [0.3, 0.4) is 0 Å². The van der Waals surface area contributed by atoms with Gasteiger partial charge in [0.1, 0.15) is 6.33 Å². The number of nitrogens with one attached hydrogen (secondary N) is 1. The highest BCUT2D eigenvalue weighted by Gasteiger charge is 2.07. The average molecular weight is 272 g/mol. The molecule has 0 bridgehead atoms.